The molecule has 5 rings (SSSR count). The Labute approximate surface area is 293 Å². The number of anilines is 2. The number of hydrogen-bond donors (Lipinski definition) is 4. The quantitative estimate of drug-likeness (QED) is 0.146. The van der Waals surface area contributed by atoms with Crippen molar-refractivity contribution in [3.05, 3.63) is 104 Å². The maximum Gasteiger partial charge on any atom is 0.261 e. The molecule has 0 atom stereocenters. The van der Waals surface area contributed by atoms with Gasteiger partial charge in [-0.2, -0.15) is 0 Å². The zero-order valence-electron chi connectivity index (χ0n) is 30.0. The molecule has 1 saturated heterocycles. The van der Waals surface area contributed by atoms with Crippen LogP contribution in [0, 0.1) is 20.8 Å². The Morgan fingerprint density at radius 3 is 2.24 bits per heavy atom. The van der Waals surface area contributed by atoms with Crippen LogP contribution in [-0.4, -0.2) is 59.9 Å². The van der Waals surface area contributed by atoms with E-state index in [4.69, 9.17) is 4.74 Å². The van der Waals surface area contributed by atoms with Gasteiger partial charge in [-0.1, -0.05) is 26.0 Å². The predicted molar refractivity (Wildman–Crippen MR) is 198 cm³/mol. The van der Waals surface area contributed by atoms with Crippen molar-refractivity contribution in [3.8, 4) is 22.6 Å². The Morgan fingerprint density at radius 1 is 0.940 bits per heavy atom. The molecule has 0 unspecified atom stereocenters. The van der Waals surface area contributed by atoms with E-state index in [0.29, 0.717) is 35.6 Å². The number of hydrogen-bond acceptors (Lipinski definition) is 7. The van der Waals surface area contributed by atoms with E-state index >= 15 is 0 Å². The highest BCUT2D eigenvalue weighted by molar-refractivity contribution is 6.08. The van der Waals surface area contributed by atoms with Crippen LogP contribution in [0.1, 0.15) is 88.2 Å². The van der Waals surface area contributed by atoms with Gasteiger partial charge < -0.3 is 35.1 Å². The van der Waals surface area contributed by atoms with Crippen LogP contribution in [0.4, 0.5) is 11.4 Å². The minimum absolute atomic E-state index is 0.0393. The molecule has 0 saturated carbocycles. The third-order valence-electron chi connectivity index (χ3n) is 9.72. The Morgan fingerprint density at radius 2 is 1.62 bits per heavy atom. The summed E-state index contributed by atoms with van der Waals surface area (Å²) in [6, 6.07) is 16.4. The number of H-pyrrole nitrogens is 1. The average molecular weight is 681 g/mol. The third kappa shape index (κ3) is 7.55. The van der Waals surface area contributed by atoms with Gasteiger partial charge in [-0.3, -0.25) is 14.4 Å². The molecule has 50 heavy (non-hydrogen) atoms. The van der Waals surface area contributed by atoms with Crippen LogP contribution in [0.3, 0.4) is 0 Å². The number of phenolic OH excluding ortho intramolecular Hbond substituents is 2. The second kappa shape index (κ2) is 15.2. The number of carbonyl (C=O) groups is 2. The molecule has 1 aliphatic rings. The van der Waals surface area contributed by atoms with Gasteiger partial charge in [0.25, 0.3) is 17.4 Å². The van der Waals surface area contributed by atoms with E-state index in [-0.39, 0.29) is 47.0 Å². The van der Waals surface area contributed by atoms with E-state index in [9.17, 15) is 24.6 Å². The van der Waals surface area contributed by atoms with Gasteiger partial charge in [-0.15, -0.1) is 0 Å². The van der Waals surface area contributed by atoms with Crippen molar-refractivity contribution in [3.63, 3.8) is 0 Å². The van der Waals surface area contributed by atoms with Crippen LogP contribution < -0.4 is 20.7 Å². The topological polar surface area (TPSA) is 135 Å². The summed E-state index contributed by atoms with van der Waals surface area (Å²) < 4.78 is 5.65. The largest absolute Gasteiger partial charge is 0.508 e. The molecule has 2 amide bonds. The van der Waals surface area contributed by atoms with Crippen molar-refractivity contribution < 1.29 is 24.5 Å². The highest BCUT2D eigenvalue weighted by Crippen LogP contribution is 2.36. The van der Waals surface area contributed by atoms with Crippen molar-refractivity contribution in [1.82, 2.24) is 10.3 Å². The highest BCUT2D eigenvalue weighted by atomic mass is 16.5. The second-order valence-corrected chi connectivity index (χ2v) is 13.4. The van der Waals surface area contributed by atoms with Gasteiger partial charge in [0.15, 0.2) is 0 Å². The van der Waals surface area contributed by atoms with Gasteiger partial charge in [0, 0.05) is 73.7 Å². The number of nitrogens with one attached hydrogen (secondary N) is 2. The monoisotopic (exact) mass is 680 g/mol. The van der Waals surface area contributed by atoms with Gasteiger partial charge in [0.1, 0.15) is 11.5 Å². The second-order valence-electron chi connectivity index (χ2n) is 13.4. The Bertz CT molecular complexity index is 1940. The lowest BCUT2D eigenvalue weighted by Gasteiger charge is -2.37. The number of benzene rings is 3. The molecule has 0 aliphatic carbocycles. The summed E-state index contributed by atoms with van der Waals surface area (Å²) in [5, 5.41) is 23.8. The van der Waals surface area contributed by atoms with Crippen LogP contribution in [0.2, 0.25) is 0 Å². The number of aromatic nitrogens is 1. The van der Waals surface area contributed by atoms with Crippen LogP contribution in [0.25, 0.3) is 11.1 Å². The number of pyridine rings is 1. The first-order valence-corrected chi connectivity index (χ1v) is 17.2. The van der Waals surface area contributed by atoms with Gasteiger partial charge in [-0.05, 0) is 111 Å². The summed E-state index contributed by atoms with van der Waals surface area (Å²) in [5.41, 5.74) is 7.21. The number of aromatic amines is 1. The summed E-state index contributed by atoms with van der Waals surface area (Å²) in [7, 11) is 1.64. The molecule has 4 N–H and O–H groups in total. The standard InChI is InChI=1S/C40H48N4O6/c1-8-44(30-13-15-50-16-14-30)35-19-28(18-32(26(35)6)38(47)41-22-34-24(4)17-25(5)42-39(34)48)27-9-11-29(12-10-27)43(7)40(49)33-20-31(23(2)3)36(45)21-37(33)46/h9-12,17-21,23,30,45-46H,8,13-16,22H2,1-7H3,(H,41,47)(H,42,48). The number of nitrogens with zero attached hydrogens (tertiary/aromatic N) is 2. The normalized spacial score (nSPS) is 13.4. The lowest BCUT2D eigenvalue weighted by atomic mass is 9.95. The fourth-order valence-electron chi connectivity index (χ4n) is 6.79. The summed E-state index contributed by atoms with van der Waals surface area (Å²) in [6.07, 6.45) is 1.78. The zero-order chi connectivity index (χ0) is 36.3. The minimum Gasteiger partial charge on any atom is -0.508 e. The van der Waals surface area contributed by atoms with Gasteiger partial charge in [-0.25, -0.2) is 0 Å². The molecule has 264 valence electrons. The van der Waals surface area contributed by atoms with Crippen molar-refractivity contribution in [2.75, 3.05) is 36.6 Å². The highest BCUT2D eigenvalue weighted by Gasteiger charge is 2.26. The number of phenols is 2. The first-order valence-electron chi connectivity index (χ1n) is 17.2. The molecular weight excluding hydrogens is 632 g/mol. The number of rotatable bonds is 10. The third-order valence-corrected chi connectivity index (χ3v) is 9.72. The van der Waals surface area contributed by atoms with Crippen molar-refractivity contribution >= 4 is 23.2 Å². The van der Waals surface area contributed by atoms with Crippen LogP contribution in [0.15, 0.2) is 59.4 Å². The molecule has 0 spiro atoms. The average Bonchev–Trinajstić information content (AvgIpc) is 3.08. The maximum atomic E-state index is 13.9. The Balaban J connectivity index is 1.49. The van der Waals surface area contributed by atoms with Crippen LogP contribution >= 0.6 is 0 Å². The fraction of sp³-hybridized carbons (Fsp3) is 0.375. The minimum atomic E-state index is -0.411. The number of ether oxygens (including phenoxy) is 1. The van der Waals surface area contributed by atoms with Gasteiger partial charge in [0.05, 0.1) is 5.56 Å². The molecule has 10 nitrogen and oxygen atoms in total. The lowest BCUT2D eigenvalue weighted by molar-refractivity contribution is 0.0845. The number of amides is 2. The lowest BCUT2D eigenvalue weighted by Crippen LogP contribution is -2.40. The molecule has 4 aromatic rings. The number of aromatic hydroxyl groups is 2. The smallest absolute Gasteiger partial charge is 0.261 e. The number of carbonyl (C=O) groups excluding carboxylic acids is 2. The van der Waals surface area contributed by atoms with E-state index in [1.807, 2.05) is 71.0 Å². The summed E-state index contributed by atoms with van der Waals surface area (Å²) in [5.74, 6) is -1.06. The van der Waals surface area contributed by atoms with Crippen LogP contribution in [0.5, 0.6) is 11.5 Å². The van der Waals surface area contributed by atoms with Crippen molar-refractivity contribution in [2.24, 2.45) is 0 Å². The first-order chi connectivity index (χ1) is 23.8. The van der Waals surface area contributed by atoms with E-state index in [0.717, 1.165) is 53.0 Å². The SMILES string of the molecule is CCN(c1cc(-c2ccc(N(C)C(=O)c3cc(C(C)C)c(O)cc3O)cc2)cc(C(=O)NCc2c(C)cc(C)[nH]c2=O)c1C)C1CCOCC1. The molecular formula is C40H48N4O6. The fourth-order valence-corrected chi connectivity index (χ4v) is 6.79. The van der Waals surface area contributed by atoms with Crippen LogP contribution in [-0.2, 0) is 11.3 Å². The molecule has 1 aliphatic heterocycles. The van der Waals surface area contributed by atoms with E-state index in [1.165, 1.54) is 17.0 Å². The maximum absolute atomic E-state index is 13.9. The van der Waals surface area contributed by atoms with Crippen molar-refractivity contribution in [2.45, 2.75) is 72.9 Å². The molecule has 3 aromatic carbocycles. The number of aryl methyl sites for hydroxylation is 2. The Kier molecular flexibility index (Phi) is 11.0. The molecule has 10 heteroatoms. The molecule has 0 bridgehead atoms. The molecule has 0 radical (unpaired) electrons. The summed E-state index contributed by atoms with van der Waals surface area (Å²) >= 11 is 0. The van der Waals surface area contributed by atoms with Crippen molar-refractivity contribution in [1.29, 1.82) is 0 Å². The predicted octanol–water partition coefficient (Wildman–Crippen LogP) is 6.71. The Hall–Kier alpha value is -5.09. The first kappa shape index (κ1) is 36.2. The summed E-state index contributed by atoms with van der Waals surface area (Å²) in [6.45, 7) is 13.8. The zero-order valence-corrected chi connectivity index (χ0v) is 30.0. The van der Waals surface area contributed by atoms with Gasteiger partial charge in [0.2, 0.25) is 0 Å². The van der Waals surface area contributed by atoms with E-state index in [1.54, 1.807) is 7.05 Å². The molecule has 1 aromatic heterocycles. The van der Waals surface area contributed by atoms with E-state index < -0.39 is 5.91 Å². The van der Waals surface area contributed by atoms with E-state index in [2.05, 4.69) is 28.2 Å². The molecule has 1 fully saturated rings. The summed E-state index contributed by atoms with van der Waals surface area (Å²) in [4.78, 5) is 46.7. The van der Waals surface area contributed by atoms with Gasteiger partial charge >= 0.3 is 0 Å². The molecule has 2 heterocycles.